The largest absolute Gasteiger partial charge is 0.478 e. The molecule has 2 aromatic rings. The number of rotatable bonds is 6. The van der Waals surface area contributed by atoms with Crippen molar-refractivity contribution in [1.82, 2.24) is 5.32 Å². The Morgan fingerprint density at radius 3 is 2.18 bits per heavy atom. The van der Waals surface area contributed by atoms with Crippen LogP contribution in [0.3, 0.4) is 0 Å². The second-order valence-corrected chi connectivity index (χ2v) is 7.25. The molecule has 1 aromatic heterocycles. The molecule has 0 bridgehead atoms. The fourth-order valence-corrected chi connectivity index (χ4v) is 2.24. The van der Waals surface area contributed by atoms with Crippen LogP contribution in [0.15, 0.2) is 40.8 Å². The van der Waals surface area contributed by atoms with Gasteiger partial charge >= 0.3 is 11.9 Å². The standard InChI is InChI=1S/C16H23NO3.C4H4O4/c1-10(18)12-7-5-6-11-8-14(20-15(11)12)13(19)9-17-16(2,3)4;5-3(6)1-2-4(7)8/h5-8,10,13,17-19H,9H2,1-4H3;1-2H,(H,5,6)(H,7,8)/b;2-1-. The first kappa shape index (κ1) is 23.4. The Kier molecular flexibility index (Phi) is 8.36. The van der Waals surface area contributed by atoms with Gasteiger partial charge in [-0.1, -0.05) is 18.2 Å². The highest BCUT2D eigenvalue weighted by Crippen LogP contribution is 2.29. The van der Waals surface area contributed by atoms with E-state index in [1.54, 1.807) is 6.92 Å². The molecule has 1 heterocycles. The zero-order chi connectivity index (χ0) is 21.5. The van der Waals surface area contributed by atoms with Gasteiger partial charge in [0.2, 0.25) is 0 Å². The number of carboxylic acid groups (broad SMARTS) is 2. The molecule has 1 aromatic carbocycles. The number of furan rings is 1. The second kappa shape index (κ2) is 10.0. The van der Waals surface area contributed by atoms with E-state index in [0.29, 0.717) is 30.0 Å². The smallest absolute Gasteiger partial charge is 0.328 e. The van der Waals surface area contributed by atoms with Crippen molar-refractivity contribution in [2.24, 2.45) is 0 Å². The molecule has 0 amide bonds. The van der Waals surface area contributed by atoms with Crippen molar-refractivity contribution in [2.75, 3.05) is 6.54 Å². The number of aliphatic hydroxyl groups excluding tert-OH is 2. The Labute approximate surface area is 163 Å². The number of carbonyl (C=O) groups is 2. The Morgan fingerprint density at radius 2 is 1.71 bits per heavy atom. The van der Waals surface area contributed by atoms with Gasteiger partial charge in [-0.3, -0.25) is 0 Å². The number of β-amino-alcohol motifs (C(OH)–C–C–N with tert-alkyl or cyclic N) is 1. The quantitative estimate of drug-likeness (QED) is 0.472. The molecular formula is C20H27NO7. The summed E-state index contributed by atoms with van der Waals surface area (Å²) in [6.45, 7) is 8.26. The summed E-state index contributed by atoms with van der Waals surface area (Å²) in [7, 11) is 0. The van der Waals surface area contributed by atoms with E-state index in [1.807, 2.05) is 45.0 Å². The third-order valence-electron chi connectivity index (χ3n) is 3.57. The van der Waals surface area contributed by atoms with E-state index in [4.69, 9.17) is 14.6 Å². The lowest BCUT2D eigenvalue weighted by Crippen LogP contribution is -2.38. The molecule has 8 heteroatoms. The zero-order valence-electron chi connectivity index (χ0n) is 16.3. The van der Waals surface area contributed by atoms with Crippen molar-refractivity contribution >= 4 is 22.9 Å². The third-order valence-corrected chi connectivity index (χ3v) is 3.57. The molecular weight excluding hydrogens is 366 g/mol. The van der Waals surface area contributed by atoms with Crippen LogP contribution in [0.5, 0.6) is 0 Å². The summed E-state index contributed by atoms with van der Waals surface area (Å²) in [6, 6.07) is 7.46. The van der Waals surface area contributed by atoms with Crippen LogP contribution < -0.4 is 5.32 Å². The van der Waals surface area contributed by atoms with Gasteiger partial charge in [0.25, 0.3) is 0 Å². The normalized spacial score (nSPS) is 13.8. The lowest BCUT2D eigenvalue weighted by atomic mass is 10.1. The molecule has 2 rings (SSSR count). The number of aliphatic carboxylic acids is 2. The molecule has 0 saturated carbocycles. The topological polar surface area (TPSA) is 140 Å². The number of nitrogens with one attached hydrogen (secondary N) is 1. The number of para-hydroxylation sites is 1. The van der Waals surface area contributed by atoms with Crippen LogP contribution in [0.2, 0.25) is 0 Å². The van der Waals surface area contributed by atoms with Gasteiger partial charge in [-0.2, -0.15) is 0 Å². The van der Waals surface area contributed by atoms with Crippen molar-refractivity contribution in [3.05, 3.63) is 47.7 Å². The van der Waals surface area contributed by atoms with E-state index in [0.717, 1.165) is 10.9 Å². The molecule has 2 atom stereocenters. The van der Waals surface area contributed by atoms with Gasteiger partial charge in [-0.15, -0.1) is 0 Å². The van der Waals surface area contributed by atoms with Gasteiger partial charge in [-0.05, 0) is 33.8 Å². The number of hydrogen-bond acceptors (Lipinski definition) is 6. The maximum atomic E-state index is 10.2. The monoisotopic (exact) mass is 393 g/mol. The van der Waals surface area contributed by atoms with Crippen LogP contribution in [0.1, 0.15) is 51.2 Å². The van der Waals surface area contributed by atoms with Crippen molar-refractivity contribution in [1.29, 1.82) is 0 Å². The molecule has 2 unspecified atom stereocenters. The minimum Gasteiger partial charge on any atom is -0.478 e. The maximum Gasteiger partial charge on any atom is 0.328 e. The third kappa shape index (κ3) is 7.91. The molecule has 0 spiro atoms. The average Bonchev–Trinajstić information content (AvgIpc) is 3.01. The van der Waals surface area contributed by atoms with Crippen LogP contribution in [0.4, 0.5) is 0 Å². The summed E-state index contributed by atoms with van der Waals surface area (Å²) in [6.07, 6.45) is -0.184. The molecule has 0 fully saturated rings. The van der Waals surface area contributed by atoms with Gasteiger partial charge in [0.05, 0.1) is 6.10 Å². The summed E-state index contributed by atoms with van der Waals surface area (Å²) < 4.78 is 5.74. The number of benzene rings is 1. The molecule has 28 heavy (non-hydrogen) atoms. The fourth-order valence-electron chi connectivity index (χ4n) is 2.24. The first-order valence-corrected chi connectivity index (χ1v) is 8.68. The number of aliphatic hydroxyl groups is 2. The Balaban J connectivity index is 0.000000416. The molecule has 0 saturated heterocycles. The molecule has 0 aliphatic rings. The van der Waals surface area contributed by atoms with E-state index >= 15 is 0 Å². The second-order valence-electron chi connectivity index (χ2n) is 7.25. The number of hydrogen-bond donors (Lipinski definition) is 5. The highest BCUT2D eigenvalue weighted by atomic mass is 16.4. The summed E-state index contributed by atoms with van der Waals surface area (Å²) in [5.74, 6) is -2.00. The molecule has 8 nitrogen and oxygen atoms in total. The van der Waals surface area contributed by atoms with Crippen LogP contribution >= 0.6 is 0 Å². The van der Waals surface area contributed by atoms with E-state index in [9.17, 15) is 19.8 Å². The highest BCUT2D eigenvalue weighted by Gasteiger charge is 2.18. The van der Waals surface area contributed by atoms with Gasteiger partial charge in [-0.25, -0.2) is 9.59 Å². The van der Waals surface area contributed by atoms with E-state index in [2.05, 4.69) is 5.32 Å². The lowest BCUT2D eigenvalue weighted by molar-refractivity contribution is -0.134. The predicted molar refractivity (Wildman–Crippen MR) is 104 cm³/mol. The lowest BCUT2D eigenvalue weighted by Gasteiger charge is -2.22. The van der Waals surface area contributed by atoms with E-state index in [-0.39, 0.29) is 5.54 Å². The molecule has 0 aliphatic carbocycles. The van der Waals surface area contributed by atoms with E-state index in [1.165, 1.54) is 0 Å². The van der Waals surface area contributed by atoms with Crippen LogP contribution in [-0.4, -0.2) is 44.4 Å². The minimum absolute atomic E-state index is 0.0578. The summed E-state index contributed by atoms with van der Waals surface area (Å²) >= 11 is 0. The first-order chi connectivity index (χ1) is 12.9. The van der Waals surface area contributed by atoms with Gasteiger partial charge < -0.3 is 30.2 Å². The summed E-state index contributed by atoms with van der Waals surface area (Å²) in [5, 5.41) is 39.7. The predicted octanol–water partition coefficient (Wildman–Crippen LogP) is 2.62. The Hall–Kier alpha value is -2.68. The molecule has 154 valence electrons. The number of carboxylic acids is 2. The Morgan fingerprint density at radius 1 is 1.14 bits per heavy atom. The average molecular weight is 393 g/mol. The van der Waals surface area contributed by atoms with Crippen molar-refractivity contribution < 1.29 is 34.4 Å². The van der Waals surface area contributed by atoms with Crippen LogP contribution in [0, 0.1) is 0 Å². The minimum atomic E-state index is -1.26. The SMILES string of the molecule is CC(O)c1cccc2cc(C(O)CNC(C)(C)C)oc12.O=C(O)/C=C\C(=O)O. The van der Waals surface area contributed by atoms with Crippen molar-refractivity contribution in [3.8, 4) is 0 Å². The number of fused-ring (bicyclic) bond motifs is 1. The van der Waals surface area contributed by atoms with E-state index < -0.39 is 24.1 Å². The van der Waals surface area contributed by atoms with Crippen LogP contribution in [-0.2, 0) is 9.59 Å². The Bertz CT molecular complexity index is 815. The summed E-state index contributed by atoms with van der Waals surface area (Å²) in [4.78, 5) is 19.1. The zero-order valence-corrected chi connectivity index (χ0v) is 16.3. The van der Waals surface area contributed by atoms with Crippen LogP contribution in [0.25, 0.3) is 11.0 Å². The van der Waals surface area contributed by atoms with Gasteiger partial charge in [0.1, 0.15) is 17.4 Å². The molecule has 0 aliphatic heterocycles. The van der Waals surface area contributed by atoms with Crippen molar-refractivity contribution in [2.45, 2.75) is 45.4 Å². The molecule has 5 N–H and O–H groups in total. The van der Waals surface area contributed by atoms with Crippen molar-refractivity contribution in [3.63, 3.8) is 0 Å². The van der Waals surface area contributed by atoms with Gasteiger partial charge in [0.15, 0.2) is 0 Å². The highest BCUT2D eigenvalue weighted by molar-refractivity contribution is 5.89. The fraction of sp³-hybridized carbons (Fsp3) is 0.400. The summed E-state index contributed by atoms with van der Waals surface area (Å²) in [5.41, 5.74) is 1.33. The molecule has 0 radical (unpaired) electrons. The maximum absolute atomic E-state index is 10.2. The van der Waals surface area contributed by atoms with Gasteiger partial charge in [0, 0.05) is 35.2 Å². The first-order valence-electron chi connectivity index (χ1n) is 8.68.